The van der Waals surface area contributed by atoms with E-state index in [1.807, 2.05) is 36.4 Å². The molecule has 0 aliphatic heterocycles. The van der Waals surface area contributed by atoms with Crippen molar-refractivity contribution in [1.82, 2.24) is 5.43 Å². The molecule has 0 amide bonds. The molecule has 0 saturated carbocycles. The lowest BCUT2D eigenvalue weighted by atomic mass is 9.80. The zero-order chi connectivity index (χ0) is 12.8. The van der Waals surface area contributed by atoms with Gasteiger partial charge in [-0.15, -0.1) is 0 Å². The quantitative estimate of drug-likeness (QED) is 0.455. The van der Waals surface area contributed by atoms with Crippen molar-refractivity contribution in [3.8, 4) is 0 Å². The third kappa shape index (κ3) is 3.60. The number of hydrogen-bond acceptors (Lipinski definition) is 4. The fourth-order valence-corrected chi connectivity index (χ4v) is 1.63. The maximum Gasteiger partial charge on any atom is 0.488 e. The van der Waals surface area contributed by atoms with Crippen molar-refractivity contribution >= 4 is 18.3 Å². The SMILES string of the molecule is OB(O)c1cccc(CNNc2ccccc2)c1. The molecule has 0 spiro atoms. The number of hydrogen-bond donors (Lipinski definition) is 4. The summed E-state index contributed by atoms with van der Waals surface area (Å²) in [6, 6.07) is 16.9. The Hall–Kier alpha value is -1.82. The summed E-state index contributed by atoms with van der Waals surface area (Å²) in [5.74, 6) is 0. The first-order valence-electron chi connectivity index (χ1n) is 5.74. The molecule has 0 radical (unpaired) electrons. The van der Waals surface area contributed by atoms with Crippen LogP contribution in [0.2, 0.25) is 0 Å². The highest BCUT2D eigenvalue weighted by Gasteiger charge is 2.10. The molecule has 0 fully saturated rings. The van der Waals surface area contributed by atoms with E-state index >= 15 is 0 Å². The Morgan fingerprint density at radius 2 is 1.72 bits per heavy atom. The topological polar surface area (TPSA) is 64.5 Å². The van der Waals surface area contributed by atoms with E-state index in [2.05, 4.69) is 10.9 Å². The largest absolute Gasteiger partial charge is 0.488 e. The molecule has 0 unspecified atom stereocenters. The molecule has 4 nitrogen and oxygen atoms in total. The van der Waals surface area contributed by atoms with Crippen molar-refractivity contribution < 1.29 is 10.0 Å². The molecule has 0 saturated heterocycles. The minimum atomic E-state index is -1.42. The summed E-state index contributed by atoms with van der Waals surface area (Å²) in [6.07, 6.45) is 0. The van der Waals surface area contributed by atoms with Crippen LogP contribution in [-0.2, 0) is 6.54 Å². The van der Waals surface area contributed by atoms with Gasteiger partial charge in [-0.3, -0.25) is 0 Å². The van der Waals surface area contributed by atoms with E-state index in [0.717, 1.165) is 11.3 Å². The summed E-state index contributed by atoms with van der Waals surface area (Å²) in [5, 5.41) is 18.1. The Labute approximate surface area is 106 Å². The van der Waals surface area contributed by atoms with Crippen LogP contribution in [-0.4, -0.2) is 17.2 Å². The smallest absolute Gasteiger partial charge is 0.423 e. The lowest BCUT2D eigenvalue weighted by molar-refractivity contribution is 0.425. The number of benzene rings is 2. The zero-order valence-electron chi connectivity index (χ0n) is 9.88. The van der Waals surface area contributed by atoms with E-state index in [-0.39, 0.29) is 0 Å². The highest BCUT2D eigenvalue weighted by Crippen LogP contribution is 2.03. The van der Waals surface area contributed by atoms with Gasteiger partial charge in [0.1, 0.15) is 0 Å². The Balaban J connectivity index is 1.89. The van der Waals surface area contributed by atoms with Gasteiger partial charge in [-0.2, -0.15) is 0 Å². The first kappa shape index (κ1) is 12.6. The fourth-order valence-electron chi connectivity index (χ4n) is 1.63. The molecular weight excluding hydrogens is 227 g/mol. The first-order valence-corrected chi connectivity index (χ1v) is 5.74. The molecule has 0 aliphatic rings. The monoisotopic (exact) mass is 242 g/mol. The second-order valence-electron chi connectivity index (χ2n) is 3.96. The molecule has 4 N–H and O–H groups in total. The summed E-state index contributed by atoms with van der Waals surface area (Å²) in [4.78, 5) is 0. The van der Waals surface area contributed by atoms with Gasteiger partial charge < -0.3 is 15.5 Å². The molecule has 0 atom stereocenters. The van der Waals surface area contributed by atoms with Crippen molar-refractivity contribution in [2.45, 2.75) is 6.54 Å². The maximum absolute atomic E-state index is 9.07. The van der Waals surface area contributed by atoms with Crippen molar-refractivity contribution in [3.63, 3.8) is 0 Å². The Kier molecular flexibility index (Phi) is 4.36. The highest BCUT2D eigenvalue weighted by atomic mass is 16.4. The third-order valence-electron chi connectivity index (χ3n) is 2.55. The summed E-state index contributed by atoms with van der Waals surface area (Å²) < 4.78 is 0. The summed E-state index contributed by atoms with van der Waals surface area (Å²) in [7, 11) is -1.42. The van der Waals surface area contributed by atoms with Gasteiger partial charge in [0.2, 0.25) is 0 Å². The van der Waals surface area contributed by atoms with E-state index in [1.54, 1.807) is 18.2 Å². The van der Waals surface area contributed by atoms with Gasteiger partial charge in [0.25, 0.3) is 0 Å². The van der Waals surface area contributed by atoms with Gasteiger partial charge in [-0.25, -0.2) is 5.43 Å². The zero-order valence-corrected chi connectivity index (χ0v) is 9.88. The van der Waals surface area contributed by atoms with E-state index in [4.69, 9.17) is 10.0 Å². The van der Waals surface area contributed by atoms with Crippen LogP contribution < -0.4 is 16.3 Å². The number of rotatable bonds is 5. The average molecular weight is 242 g/mol. The normalized spacial score (nSPS) is 10.1. The van der Waals surface area contributed by atoms with Crippen molar-refractivity contribution in [2.24, 2.45) is 0 Å². The van der Waals surface area contributed by atoms with E-state index in [9.17, 15) is 0 Å². The van der Waals surface area contributed by atoms with Gasteiger partial charge in [-0.1, -0.05) is 42.5 Å². The van der Waals surface area contributed by atoms with Crippen LogP contribution in [0.5, 0.6) is 0 Å². The highest BCUT2D eigenvalue weighted by molar-refractivity contribution is 6.58. The third-order valence-corrected chi connectivity index (χ3v) is 2.55. The van der Waals surface area contributed by atoms with Gasteiger partial charge in [-0.05, 0) is 23.2 Å². The Morgan fingerprint density at radius 1 is 0.944 bits per heavy atom. The van der Waals surface area contributed by atoms with E-state index < -0.39 is 7.12 Å². The van der Waals surface area contributed by atoms with Crippen LogP contribution in [0, 0.1) is 0 Å². The van der Waals surface area contributed by atoms with Crippen LogP contribution in [0.1, 0.15) is 5.56 Å². The Morgan fingerprint density at radius 3 is 2.44 bits per heavy atom. The lowest BCUT2D eigenvalue weighted by Gasteiger charge is -2.09. The van der Waals surface area contributed by atoms with Crippen molar-refractivity contribution in [3.05, 3.63) is 60.2 Å². The molecule has 2 aromatic carbocycles. The number of hydrazine groups is 1. The molecule has 0 bridgehead atoms. The van der Waals surface area contributed by atoms with E-state index in [1.165, 1.54) is 0 Å². The minimum absolute atomic E-state index is 0.494. The second-order valence-corrected chi connectivity index (χ2v) is 3.96. The summed E-state index contributed by atoms with van der Waals surface area (Å²) >= 11 is 0. The molecule has 0 heterocycles. The second kappa shape index (κ2) is 6.21. The molecule has 18 heavy (non-hydrogen) atoms. The summed E-state index contributed by atoms with van der Waals surface area (Å²) in [5.41, 5.74) is 8.59. The van der Waals surface area contributed by atoms with Crippen LogP contribution in [0.3, 0.4) is 0 Å². The predicted molar refractivity (Wildman–Crippen MR) is 73.2 cm³/mol. The molecule has 2 aromatic rings. The molecule has 0 aliphatic carbocycles. The van der Waals surface area contributed by atoms with Crippen LogP contribution in [0.4, 0.5) is 5.69 Å². The lowest BCUT2D eigenvalue weighted by Crippen LogP contribution is -2.30. The van der Waals surface area contributed by atoms with Gasteiger partial charge in [0.15, 0.2) is 0 Å². The maximum atomic E-state index is 9.07. The minimum Gasteiger partial charge on any atom is -0.423 e. The average Bonchev–Trinajstić information content (AvgIpc) is 2.40. The van der Waals surface area contributed by atoms with Crippen molar-refractivity contribution in [1.29, 1.82) is 0 Å². The van der Waals surface area contributed by atoms with Crippen LogP contribution >= 0.6 is 0 Å². The molecule has 5 heteroatoms. The Bertz CT molecular complexity index is 491. The van der Waals surface area contributed by atoms with Crippen LogP contribution in [0.15, 0.2) is 54.6 Å². The van der Waals surface area contributed by atoms with Gasteiger partial charge in [0, 0.05) is 12.2 Å². The number of para-hydroxylation sites is 1. The fraction of sp³-hybridized carbons (Fsp3) is 0.0769. The standard InChI is InChI=1S/C13H15BN2O2/c17-14(18)12-6-4-5-11(9-12)10-15-16-13-7-2-1-3-8-13/h1-9,15-18H,10H2. The molecule has 92 valence electrons. The molecular formula is C13H15BN2O2. The van der Waals surface area contributed by atoms with E-state index in [0.29, 0.717) is 12.0 Å². The van der Waals surface area contributed by atoms with Gasteiger partial charge >= 0.3 is 7.12 Å². The van der Waals surface area contributed by atoms with Crippen molar-refractivity contribution in [2.75, 3.05) is 5.43 Å². The van der Waals surface area contributed by atoms with Crippen LogP contribution in [0.25, 0.3) is 0 Å². The number of nitrogens with one attached hydrogen (secondary N) is 2. The summed E-state index contributed by atoms with van der Waals surface area (Å²) in [6.45, 7) is 0.593. The predicted octanol–water partition coefficient (Wildman–Crippen LogP) is 0.483. The molecule has 0 aromatic heterocycles. The van der Waals surface area contributed by atoms with Gasteiger partial charge in [0.05, 0.1) is 0 Å². The molecule has 2 rings (SSSR count). The number of anilines is 1. The first-order chi connectivity index (χ1) is 8.75.